The lowest BCUT2D eigenvalue weighted by atomic mass is 9.90. The van der Waals surface area contributed by atoms with Crippen LogP contribution in [0.1, 0.15) is 30.1 Å². The molecule has 19 heavy (non-hydrogen) atoms. The number of halogens is 2. The fraction of sp³-hybridized carbons (Fsp3) is 0.500. The third-order valence-electron chi connectivity index (χ3n) is 3.33. The summed E-state index contributed by atoms with van der Waals surface area (Å²) in [5.74, 6) is -1.40. The average Bonchev–Trinajstić information content (AvgIpc) is 2.66. The molecule has 104 valence electrons. The van der Waals surface area contributed by atoms with Crippen molar-refractivity contribution in [1.29, 1.82) is 0 Å². The maximum atomic E-state index is 12.4. The van der Waals surface area contributed by atoms with Crippen LogP contribution in [0, 0.1) is 5.92 Å². The zero-order valence-electron chi connectivity index (χ0n) is 10.2. The highest BCUT2D eigenvalue weighted by atomic mass is 35.5. The third kappa shape index (κ3) is 2.88. The van der Waals surface area contributed by atoms with Gasteiger partial charge in [0.15, 0.2) is 0 Å². The van der Waals surface area contributed by atoms with Gasteiger partial charge < -0.3 is 10.0 Å². The largest absolute Gasteiger partial charge is 0.480 e. The summed E-state index contributed by atoms with van der Waals surface area (Å²) < 4.78 is 0.725. The molecule has 2 heterocycles. The van der Waals surface area contributed by atoms with E-state index < -0.39 is 12.0 Å². The zero-order chi connectivity index (χ0) is 14.2. The van der Waals surface area contributed by atoms with Gasteiger partial charge >= 0.3 is 5.97 Å². The van der Waals surface area contributed by atoms with Crippen molar-refractivity contribution >= 4 is 46.4 Å². The molecule has 1 saturated heterocycles. The Morgan fingerprint density at radius 3 is 2.68 bits per heavy atom. The van der Waals surface area contributed by atoms with Crippen LogP contribution in [0.4, 0.5) is 0 Å². The van der Waals surface area contributed by atoms with Crippen molar-refractivity contribution in [2.45, 2.75) is 25.8 Å². The molecule has 1 fully saturated rings. The molecule has 2 rings (SSSR count). The van der Waals surface area contributed by atoms with Crippen molar-refractivity contribution in [3.05, 3.63) is 20.3 Å². The fourth-order valence-electron chi connectivity index (χ4n) is 2.43. The van der Waals surface area contributed by atoms with E-state index in [2.05, 4.69) is 0 Å². The minimum atomic E-state index is -0.974. The van der Waals surface area contributed by atoms with Crippen LogP contribution in [0.3, 0.4) is 0 Å². The Hall–Kier alpha value is -0.780. The SMILES string of the molecule is CC1CCCN(C(=O)c2cc(Cl)sc2Cl)C1C(=O)O. The number of carboxylic acids is 1. The number of carbonyl (C=O) groups excluding carboxylic acids is 1. The molecule has 1 aliphatic rings. The Labute approximate surface area is 124 Å². The molecular formula is C12H13Cl2NO3S. The predicted molar refractivity (Wildman–Crippen MR) is 75.2 cm³/mol. The summed E-state index contributed by atoms with van der Waals surface area (Å²) in [4.78, 5) is 25.2. The summed E-state index contributed by atoms with van der Waals surface area (Å²) in [6.45, 7) is 2.28. The molecule has 7 heteroatoms. The lowest BCUT2D eigenvalue weighted by Crippen LogP contribution is -2.51. The van der Waals surface area contributed by atoms with Crippen molar-refractivity contribution in [1.82, 2.24) is 4.90 Å². The average molecular weight is 322 g/mol. The number of piperidine rings is 1. The number of amides is 1. The first-order chi connectivity index (χ1) is 8.91. The van der Waals surface area contributed by atoms with Crippen molar-refractivity contribution in [3.63, 3.8) is 0 Å². The normalized spacial score (nSPS) is 23.4. The van der Waals surface area contributed by atoms with Gasteiger partial charge in [-0.05, 0) is 24.8 Å². The Balaban J connectivity index is 2.30. The van der Waals surface area contributed by atoms with E-state index in [1.54, 1.807) is 0 Å². The summed E-state index contributed by atoms with van der Waals surface area (Å²) in [6, 6.07) is 0.700. The van der Waals surface area contributed by atoms with Gasteiger partial charge in [0.1, 0.15) is 10.4 Å². The second kappa shape index (κ2) is 5.69. The van der Waals surface area contributed by atoms with Crippen LogP contribution in [-0.2, 0) is 4.79 Å². The summed E-state index contributed by atoms with van der Waals surface area (Å²) in [5.41, 5.74) is 0.289. The first-order valence-electron chi connectivity index (χ1n) is 5.90. The highest BCUT2D eigenvalue weighted by molar-refractivity contribution is 7.20. The van der Waals surface area contributed by atoms with Gasteiger partial charge in [-0.3, -0.25) is 4.79 Å². The second-order valence-corrected chi connectivity index (χ2v) is 6.92. The van der Waals surface area contributed by atoms with E-state index in [1.807, 2.05) is 6.92 Å². The van der Waals surface area contributed by atoms with Gasteiger partial charge in [0, 0.05) is 6.54 Å². The molecule has 2 atom stereocenters. The smallest absolute Gasteiger partial charge is 0.326 e. The minimum absolute atomic E-state index is 0.0666. The number of carbonyl (C=O) groups is 2. The van der Waals surface area contributed by atoms with Crippen molar-refractivity contribution < 1.29 is 14.7 Å². The van der Waals surface area contributed by atoms with Crippen LogP contribution >= 0.6 is 34.5 Å². The summed E-state index contributed by atoms with van der Waals surface area (Å²) in [5, 5.41) is 9.30. The number of rotatable bonds is 2. The monoisotopic (exact) mass is 321 g/mol. The molecule has 0 bridgehead atoms. The number of aliphatic carboxylic acids is 1. The van der Waals surface area contributed by atoms with E-state index in [-0.39, 0.29) is 17.4 Å². The molecule has 1 aromatic rings. The number of carboxylic acid groups (broad SMARTS) is 1. The molecule has 0 radical (unpaired) electrons. The molecule has 0 aromatic carbocycles. The van der Waals surface area contributed by atoms with E-state index in [4.69, 9.17) is 23.2 Å². The van der Waals surface area contributed by atoms with Gasteiger partial charge in [-0.2, -0.15) is 0 Å². The quantitative estimate of drug-likeness (QED) is 0.908. The number of hydrogen-bond acceptors (Lipinski definition) is 3. The zero-order valence-corrected chi connectivity index (χ0v) is 12.6. The van der Waals surface area contributed by atoms with E-state index in [0.29, 0.717) is 15.2 Å². The van der Waals surface area contributed by atoms with Gasteiger partial charge in [-0.1, -0.05) is 30.1 Å². The van der Waals surface area contributed by atoms with Crippen LogP contribution in [0.5, 0.6) is 0 Å². The third-order valence-corrected chi connectivity index (χ3v) is 4.82. The standard InChI is InChI=1S/C12H13Cl2NO3S/c1-6-3-2-4-15(9(6)12(17)18)11(16)7-5-8(13)19-10(7)14/h5-6,9H,2-4H2,1H3,(H,17,18). The van der Waals surface area contributed by atoms with Crippen molar-refractivity contribution in [3.8, 4) is 0 Å². The molecule has 0 aliphatic carbocycles. The number of nitrogens with zero attached hydrogens (tertiary/aromatic N) is 1. The van der Waals surface area contributed by atoms with Gasteiger partial charge in [-0.25, -0.2) is 4.79 Å². The summed E-state index contributed by atoms with van der Waals surface area (Å²) >= 11 is 12.9. The number of hydrogen-bond donors (Lipinski definition) is 1. The van der Waals surface area contributed by atoms with Gasteiger partial charge in [-0.15, -0.1) is 11.3 Å². The Morgan fingerprint density at radius 2 is 2.16 bits per heavy atom. The summed E-state index contributed by atoms with van der Waals surface area (Å²) in [7, 11) is 0. The molecule has 1 amide bonds. The van der Waals surface area contributed by atoms with Crippen molar-refractivity contribution in [2.75, 3.05) is 6.54 Å². The Morgan fingerprint density at radius 1 is 1.47 bits per heavy atom. The number of likely N-dealkylation sites (tertiary alicyclic amines) is 1. The fourth-order valence-corrected chi connectivity index (χ4v) is 3.88. The Bertz CT molecular complexity index is 517. The lowest BCUT2D eigenvalue weighted by Gasteiger charge is -2.37. The highest BCUT2D eigenvalue weighted by Crippen LogP contribution is 2.34. The van der Waals surface area contributed by atoms with E-state index in [1.165, 1.54) is 11.0 Å². The van der Waals surface area contributed by atoms with Crippen LogP contribution in [-0.4, -0.2) is 34.5 Å². The highest BCUT2D eigenvalue weighted by Gasteiger charge is 2.38. The second-order valence-electron chi connectivity index (χ2n) is 4.64. The molecule has 0 saturated carbocycles. The maximum absolute atomic E-state index is 12.4. The predicted octanol–water partition coefficient (Wildman–Crippen LogP) is 3.38. The van der Waals surface area contributed by atoms with Gasteiger partial charge in [0.2, 0.25) is 0 Å². The molecule has 2 unspecified atom stereocenters. The number of thiophene rings is 1. The Kier molecular flexibility index (Phi) is 4.38. The van der Waals surface area contributed by atoms with Gasteiger partial charge in [0.25, 0.3) is 5.91 Å². The molecule has 4 nitrogen and oxygen atoms in total. The molecule has 1 aromatic heterocycles. The van der Waals surface area contributed by atoms with Crippen LogP contribution in [0.25, 0.3) is 0 Å². The minimum Gasteiger partial charge on any atom is -0.480 e. The van der Waals surface area contributed by atoms with Crippen LogP contribution < -0.4 is 0 Å². The van der Waals surface area contributed by atoms with E-state index in [0.717, 1.165) is 24.2 Å². The van der Waals surface area contributed by atoms with Crippen LogP contribution in [0.2, 0.25) is 8.67 Å². The van der Waals surface area contributed by atoms with Gasteiger partial charge in [0.05, 0.1) is 9.90 Å². The van der Waals surface area contributed by atoms with E-state index >= 15 is 0 Å². The summed E-state index contributed by atoms with van der Waals surface area (Å²) in [6.07, 6.45) is 1.60. The molecule has 1 aliphatic heterocycles. The first kappa shape index (κ1) is 14.6. The molecule has 0 spiro atoms. The molecule has 1 N–H and O–H groups in total. The van der Waals surface area contributed by atoms with E-state index in [9.17, 15) is 14.7 Å². The topological polar surface area (TPSA) is 57.6 Å². The van der Waals surface area contributed by atoms with Crippen molar-refractivity contribution in [2.24, 2.45) is 5.92 Å². The lowest BCUT2D eigenvalue weighted by molar-refractivity contribution is -0.145. The van der Waals surface area contributed by atoms with Crippen LogP contribution in [0.15, 0.2) is 6.07 Å². The molecular weight excluding hydrogens is 309 g/mol. The first-order valence-corrected chi connectivity index (χ1v) is 7.47. The maximum Gasteiger partial charge on any atom is 0.326 e.